The highest BCUT2D eigenvalue weighted by Crippen LogP contribution is 2.17. The van der Waals surface area contributed by atoms with Crippen LogP contribution >= 0.6 is 0 Å². The Bertz CT molecular complexity index is 703. The lowest BCUT2D eigenvalue weighted by Crippen LogP contribution is -2.10. The first kappa shape index (κ1) is 13.5. The van der Waals surface area contributed by atoms with E-state index in [9.17, 15) is 9.18 Å². The number of nitrogens with zero attached hydrogens (tertiary/aromatic N) is 3. The summed E-state index contributed by atoms with van der Waals surface area (Å²) in [5.41, 5.74) is 0.914. The smallest absolute Gasteiger partial charge is 0.339 e. The second-order valence-corrected chi connectivity index (χ2v) is 4.09. The van der Waals surface area contributed by atoms with E-state index in [4.69, 9.17) is 10.4 Å². The molecule has 0 spiro atoms. The summed E-state index contributed by atoms with van der Waals surface area (Å²) < 4.78 is 15.1. The van der Waals surface area contributed by atoms with Crippen LogP contribution in [0.1, 0.15) is 21.6 Å². The van der Waals surface area contributed by atoms with Crippen LogP contribution in [0.15, 0.2) is 24.4 Å². The molecule has 0 fully saturated rings. The van der Waals surface area contributed by atoms with E-state index in [0.717, 1.165) is 6.07 Å². The van der Waals surface area contributed by atoms with E-state index in [1.54, 1.807) is 7.05 Å². The van der Waals surface area contributed by atoms with Crippen LogP contribution in [0.2, 0.25) is 0 Å². The molecule has 20 heavy (non-hydrogen) atoms. The molecule has 0 aliphatic heterocycles. The minimum absolute atomic E-state index is 0.0639. The first-order chi connectivity index (χ1) is 9.52. The number of nitrogens with one attached hydrogen (secondary N) is 1. The van der Waals surface area contributed by atoms with Gasteiger partial charge in [0.25, 0.3) is 0 Å². The number of hydrogen-bond acceptors (Lipinski definition) is 4. The predicted octanol–water partition coefficient (Wildman–Crippen LogP) is 1.74. The Morgan fingerprint density at radius 3 is 2.95 bits per heavy atom. The van der Waals surface area contributed by atoms with Gasteiger partial charge in [-0.2, -0.15) is 10.4 Å². The number of carboxylic acid groups (broad SMARTS) is 1. The third-order valence-corrected chi connectivity index (χ3v) is 2.84. The van der Waals surface area contributed by atoms with Gasteiger partial charge < -0.3 is 10.4 Å². The number of aromatic carboxylic acids is 1. The van der Waals surface area contributed by atoms with Gasteiger partial charge in [0.1, 0.15) is 11.4 Å². The lowest BCUT2D eigenvalue weighted by molar-refractivity contribution is 0.0695. The van der Waals surface area contributed by atoms with Crippen molar-refractivity contribution in [1.29, 1.82) is 5.26 Å². The minimum atomic E-state index is -1.09. The summed E-state index contributed by atoms with van der Waals surface area (Å²) in [6.07, 6.45) is 1.24. The van der Waals surface area contributed by atoms with Gasteiger partial charge in [-0.05, 0) is 18.2 Å². The van der Waals surface area contributed by atoms with Crippen LogP contribution < -0.4 is 5.32 Å². The van der Waals surface area contributed by atoms with Crippen molar-refractivity contribution in [1.82, 2.24) is 9.78 Å². The molecule has 1 aromatic carbocycles. The zero-order valence-corrected chi connectivity index (χ0v) is 10.6. The lowest BCUT2D eigenvalue weighted by atomic mass is 10.2. The van der Waals surface area contributed by atoms with Gasteiger partial charge in [-0.25, -0.2) is 9.18 Å². The molecule has 0 aliphatic carbocycles. The van der Waals surface area contributed by atoms with Crippen LogP contribution in [0.5, 0.6) is 0 Å². The van der Waals surface area contributed by atoms with Gasteiger partial charge >= 0.3 is 5.97 Å². The molecule has 7 heteroatoms. The number of rotatable bonds is 4. The SMILES string of the molecule is Cn1ncc(C(=O)O)c1CNc1ccc(C#N)cc1F. The molecule has 102 valence electrons. The highest BCUT2D eigenvalue weighted by atomic mass is 19.1. The third-order valence-electron chi connectivity index (χ3n) is 2.84. The summed E-state index contributed by atoms with van der Waals surface area (Å²) in [5, 5.41) is 24.3. The number of carbonyl (C=O) groups is 1. The van der Waals surface area contributed by atoms with E-state index < -0.39 is 11.8 Å². The Morgan fingerprint density at radius 2 is 2.35 bits per heavy atom. The largest absolute Gasteiger partial charge is 0.478 e. The topological polar surface area (TPSA) is 90.9 Å². The van der Waals surface area contributed by atoms with E-state index in [1.165, 1.54) is 23.0 Å². The Morgan fingerprint density at radius 1 is 1.60 bits per heavy atom. The Kier molecular flexibility index (Phi) is 3.66. The highest BCUT2D eigenvalue weighted by Gasteiger charge is 2.15. The number of halogens is 1. The van der Waals surface area contributed by atoms with Crippen molar-refractivity contribution in [2.75, 3.05) is 5.32 Å². The van der Waals surface area contributed by atoms with Gasteiger partial charge in [0, 0.05) is 7.05 Å². The molecule has 0 bridgehead atoms. The molecular formula is C13H11FN4O2. The average Bonchev–Trinajstić information content (AvgIpc) is 2.78. The molecule has 0 aliphatic rings. The Labute approximate surface area is 114 Å². The zero-order valence-electron chi connectivity index (χ0n) is 10.6. The molecular weight excluding hydrogens is 263 g/mol. The monoisotopic (exact) mass is 274 g/mol. The standard InChI is InChI=1S/C13H11FN4O2/c1-18-12(9(6-17-18)13(19)20)7-16-11-3-2-8(5-15)4-10(11)14/h2-4,6,16H,7H2,1H3,(H,19,20). The third kappa shape index (κ3) is 2.59. The van der Waals surface area contributed by atoms with Gasteiger partial charge in [0.15, 0.2) is 0 Å². The Balaban J connectivity index is 2.19. The quantitative estimate of drug-likeness (QED) is 0.886. The summed E-state index contributed by atoms with van der Waals surface area (Å²) in [4.78, 5) is 11.0. The lowest BCUT2D eigenvalue weighted by Gasteiger charge is -2.09. The van der Waals surface area contributed by atoms with Gasteiger partial charge in [-0.3, -0.25) is 4.68 Å². The Hall–Kier alpha value is -2.88. The predicted molar refractivity (Wildman–Crippen MR) is 68.6 cm³/mol. The van der Waals surface area contributed by atoms with E-state index in [1.807, 2.05) is 6.07 Å². The van der Waals surface area contributed by atoms with Gasteiger partial charge in [0.2, 0.25) is 0 Å². The molecule has 6 nitrogen and oxygen atoms in total. The first-order valence-corrected chi connectivity index (χ1v) is 5.70. The van der Waals surface area contributed by atoms with Crippen molar-refractivity contribution in [2.45, 2.75) is 6.54 Å². The highest BCUT2D eigenvalue weighted by molar-refractivity contribution is 5.88. The summed E-state index contributed by atoms with van der Waals surface area (Å²) in [5.74, 6) is -1.65. The van der Waals surface area contributed by atoms with Crippen molar-refractivity contribution in [3.05, 3.63) is 47.0 Å². The second kappa shape index (κ2) is 5.40. The molecule has 0 unspecified atom stereocenters. The van der Waals surface area contributed by atoms with E-state index in [0.29, 0.717) is 5.69 Å². The van der Waals surface area contributed by atoms with Gasteiger partial charge in [-0.1, -0.05) is 0 Å². The maximum Gasteiger partial charge on any atom is 0.339 e. The van der Waals surface area contributed by atoms with Crippen LogP contribution in [0.4, 0.5) is 10.1 Å². The minimum Gasteiger partial charge on any atom is -0.478 e. The average molecular weight is 274 g/mol. The second-order valence-electron chi connectivity index (χ2n) is 4.09. The van der Waals surface area contributed by atoms with Gasteiger partial charge in [0.05, 0.1) is 35.8 Å². The van der Waals surface area contributed by atoms with E-state index in [2.05, 4.69) is 10.4 Å². The number of benzene rings is 1. The summed E-state index contributed by atoms with van der Waals surface area (Å²) in [6.45, 7) is 0.112. The molecule has 0 saturated carbocycles. The molecule has 1 heterocycles. The van der Waals surface area contributed by atoms with E-state index >= 15 is 0 Å². The van der Waals surface area contributed by atoms with Crippen LogP contribution in [-0.2, 0) is 13.6 Å². The number of anilines is 1. The molecule has 0 radical (unpaired) electrons. The number of carboxylic acids is 1. The number of aryl methyl sites for hydroxylation is 1. The summed E-state index contributed by atoms with van der Waals surface area (Å²) in [6, 6.07) is 5.87. The fraction of sp³-hybridized carbons (Fsp3) is 0.154. The molecule has 0 amide bonds. The molecule has 2 aromatic rings. The fourth-order valence-corrected chi connectivity index (χ4v) is 1.76. The fourth-order valence-electron chi connectivity index (χ4n) is 1.76. The number of hydrogen-bond donors (Lipinski definition) is 2. The number of aromatic nitrogens is 2. The van der Waals surface area contributed by atoms with Crippen molar-refractivity contribution in [3.8, 4) is 6.07 Å². The number of nitriles is 1. The van der Waals surface area contributed by atoms with Crippen LogP contribution in [0.25, 0.3) is 0 Å². The first-order valence-electron chi connectivity index (χ1n) is 5.70. The van der Waals surface area contributed by atoms with Gasteiger partial charge in [-0.15, -0.1) is 0 Å². The van der Waals surface area contributed by atoms with Crippen molar-refractivity contribution < 1.29 is 14.3 Å². The van der Waals surface area contributed by atoms with Crippen LogP contribution in [-0.4, -0.2) is 20.9 Å². The normalized spacial score (nSPS) is 10.1. The van der Waals surface area contributed by atoms with Crippen LogP contribution in [0.3, 0.4) is 0 Å². The zero-order chi connectivity index (χ0) is 14.7. The molecule has 0 saturated heterocycles. The van der Waals surface area contributed by atoms with Crippen molar-refractivity contribution in [3.63, 3.8) is 0 Å². The molecule has 2 rings (SSSR count). The molecule has 0 atom stereocenters. The maximum atomic E-state index is 13.7. The summed E-state index contributed by atoms with van der Waals surface area (Å²) >= 11 is 0. The molecule has 2 N–H and O–H groups in total. The maximum absolute atomic E-state index is 13.7. The molecule has 1 aromatic heterocycles. The van der Waals surface area contributed by atoms with Crippen molar-refractivity contribution >= 4 is 11.7 Å². The summed E-state index contributed by atoms with van der Waals surface area (Å²) in [7, 11) is 1.61. The van der Waals surface area contributed by atoms with Crippen LogP contribution in [0, 0.1) is 17.1 Å². The van der Waals surface area contributed by atoms with Crippen molar-refractivity contribution in [2.24, 2.45) is 7.05 Å². The van der Waals surface area contributed by atoms with E-state index in [-0.39, 0.29) is 23.4 Å².